The average Bonchev–Trinajstić information content (AvgIpc) is 3.02. The van der Waals surface area contributed by atoms with E-state index in [2.05, 4.69) is 30.7 Å². The molecule has 2 aromatic carbocycles. The predicted molar refractivity (Wildman–Crippen MR) is 167 cm³/mol. The molecule has 0 N–H and O–H groups in total. The van der Waals surface area contributed by atoms with Crippen LogP contribution in [0, 0.1) is 0 Å². The molecule has 8 nitrogen and oxygen atoms in total. The number of carbonyl (C=O) groups is 2. The largest absolute Gasteiger partial charge is 0.495 e. The van der Waals surface area contributed by atoms with Crippen LogP contribution in [-0.2, 0) is 19.0 Å². The first-order chi connectivity index (χ1) is 20.9. The Morgan fingerprint density at radius 2 is 1.56 bits per heavy atom. The van der Waals surface area contributed by atoms with Gasteiger partial charge in [0.2, 0.25) is 0 Å². The Kier molecular flexibility index (Phi) is 13.7. The van der Waals surface area contributed by atoms with Gasteiger partial charge >= 0.3 is 11.9 Å². The lowest BCUT2D eigenvalue weighted by atomic mass is 9.87. The topological polar surface area (TPSA) is 95.8 Å². The molecule has 230 valence electrons. The monoisotopic (exact) mass is 588 g/mol. The number of ether oxygens (including phenoxy) is 4. The van der Waals surface area contributed by atoms with E-state index >= 15 is 0 Å². The molecule has 1 atom stereocenters. The van der Waals surface area contributed by atoms with E-state index in [1.165, 1.54) is 0 Å². The second-order valence-corrected chi connectivity index (χ2v) is 10.6. The van der Waals surface area contributed by atoms with Gasteiger partial charge in [-0.05, 0) is 87.6 Å². The molecule has 0 fully saturated rings. The summed E-state index contributed by atoms with van der Waals surface area (Å²) < 4.78 is 23.4. The van der Waals surface area contributed by atoms with Gasteiger partial charge in [-0.3, -0.25) is 0 Å². The van der Waals surface area contributed by atoms with Crippen LogP contribution in [0.25, 0.3) is 0 Å². The number of azo groups is 1. The van der Waals surface area contributed by atoms with Gasteiger partial charge in [-0.15, -0.1) is 5.11 Å². The van der Waals surface area contributed by atoms with Crippen LogP contribution in [0.15, 0.2) is 101 Å². The fourth-order valence-electron chi connectivity index (χ4n) is 4.29. The van der Waals surface area contributed by atoms with Crippen molar-refractivity contribution in [3.8, 4) is 5.75 Å². The molecule has 0 amide bonds. The van der Waals surface area contributed by atoms with Crippen molar-refractivity contribution in [1.82, 2.24) is 0 Å². The fourth-order valence-corrected chi connectivity index (χ4v) is 4.29. The number of carbonyl (C=O) groups excluding carboxylic acids is 2. The molecule has 0 aliphatic heterocycles. The lowest BCUT2D eigenvalue weighted by Gasteiger charge is -2.34. The molecule has 8 heteroatoms. The molecule has 0 spiro atoms. The van der Waals surface area contributed by atoms with Crippen LogP contribution in [-0.4, -0.2) is 37.4 Å². The number of hydrogen-bond donors (Lipinski definition) is 0. The van der Waals surface area contributed by atoms with Crippen molar-refractivity contribution in [2.75, 3.05) is 19.8 Å². The van der Waals surface area contributed by atoms with Crippen LogP contribution < -0.4 is 4.74 Å². The second kappa shape index (κ2) is 17.7. The van der Waals surface area contributed by atoms with Gasteiger partial charge in [0.15, 0.2) is 0 Å². The molecule has 0 bridgehead atoms. The number of rotatable bonds is 18. The van der Waals surface area contributed by atoms with Crippen molar-refractivity contribution < 1.29 is 28.5 Å². The first kappa shape index (κ1) is 33.3. The molecule has 43 heavy (non-hydrogen) atoms. The van der Waals surface area contributed by atoms with Gasteiger partial charge in [0, 0.05) is 5.57 Å². The van der Waals surface area contributed by atoms with Crippen molar-refractivity contribution in [3.05, 3.63) is 95.9 Å². The minimum atomic E-state index is -0.887. The lowest BCUT2D eigenvalue weighted by molar-refractivity contribution is -0.139. The van der Waals surface area contributed by atoms with Crippen LogP contribution in [0.4, 0.5) is 5.69 Å². The summed E-state index contributed by atoms with van der Waals surface area (Å²) in [6, 6.07) is 16.5. The Morgan fingerprint density at radius 1 is 0.860 bits per heavy atom. The van der Waals surface area contributed by atoms with Crippen molar-refractivity contribution in [2.45, 2.75) is 77.7 Å². The molecule has 1 aliphatic carbocycles. The molecule has 1 unspecified atom stereocenters. The summed E-state index contributed by atoms with van der Waals surface area (Å²) >= 11 is 0. The third-order valence-corrected chi connectivity index (χ3v) is 6.82. The Hall–Kier alpha value is -4.20. The van der Waals surface area contributed by atoms with Gasteiger partial charge in [-0.1, -0.05) is 51.5 Å². The quantitative estimate of drug-likeness (QED) is 0.0747. The van der Waals surface area contributed by atoms with Crippen LogP contribution in [0.2, 0.25) is 0 Å². The molecule has 2 aromatic rings. The summed E-state index contributed by atoms with van der Waals surface area (Å²) in [6.07, 6.45) is 9.84. The van der Waals surface area contributed by atoms with E-state index in [1.54, 1.807) is 31.2 Å². The van der Waals surface area contributed by atoms with E-state index in [1.807, 2.05) is 42.5 Å². The summed E-state index contributed by atoms with van der Waals surface area (Å²) in [5.74, 6) is 0.522. The third-order valence-electron chi connectivity index (χ3n) is 6.82. The van der Waals surface area contributed by atoms with Crippen molar-refractivity contribution in [1.29, 1.82) is 0 Å². The maximum atomic E-state index is 13.3. The minimum Gasteiger partial charge on any atom is -0.495 e. The zero-order valence-electron chi connectivity index (χ0n) is 25.7. The first-order valence-corrected chi connectivity index (χ1v) is 15.2. The zero-order valence-corrected chi connectivity index (χ0v) is 25.7. The number of benzene rings is 2. The van der Waals surface area contributed by atoms with E-state index < -0.39 is 17.5 Å². The highest BCUT2D eigenvalue weighted by Gasteiger charge is 2.37. The van der Waals surface area contributed by atoms with Crippen molar-refractivity contribution in [3.63, 3.8) is 0 Å². The van der Waals surface area contributed by atoms with Crippen molar-refractivity contribution >= 4 is 17.6 Å². The summed E-state index contributed by atoms with van der Waals surface area (Å²) in [6.45, 7) is 10.7. The lowest BCUT2D eigenvalue weighted by Crippen LogP contribution is -2.36. The van der Waals surface area contributed by atoms with Crippen LogP contribution >= 0.6 is 0 Å². The molecule has 0 saturated heterocycles. The maximum absolute atomic E-state index is 13.3. The Morgan fingerprint density at radius 3 is 2.26 bits per heavy atom. The molecule has 0 saturated carbocycles. The van der Waals surface area contributed by atoms with E-state index in [0.717, 1.165) is 37.1 Å². The van der Waals surface area contributed by atoms with E-state index in [0.29, 0.717) is 61.5 Å². The third kappa shape index (κ3) is 11.2. The zero-order chi connectivity index (χ0) is 30.9. The van der Waals surface area contributed by atoms with Gasteiger partial charge < -0.3 is 18.9 Å². The molecular formula is C35H44N2O6. The van der Waals surface area contributed by atoms with Crippen molar-refractivity contribution in [2.24, 2.45) is 10.2 Å². The first-order valence-electron chi connectivity index (χ1n) is 15.2. The van der Waals surface area contributed by atoms with Gasteiger partial charge in [-0.25, -0.2) is 9.59 Å². The van der Waals surface area contributed by atoms with Crippen LogP contribution in [0.1, 0.15) is 82.5 Å². The normalized spacial score (nSPS) is 16.3. The van der Waals surface area contributed by atoms with Crippen LogP contribution in [0.5, 0.6) is 5.75 Å². The Bertz CT molecular complexity index is 1280. The molecule has 0 heterocycles. The van der Waals surface area contributed by atoms with E-state index in [9.17, 15) is 9.59 Å². The molecule has 0 aromatic heterocycles. The smallest absolute Gasteiger partial charge is 0.339 e. The van der Waals surface area contributed by atoms with Gasteiger partial charge in [-0.2, -0.15) is 5.11 Å². The molecule has 1 aliphatic rings. The summed E-state index contributed by atoms with van der Waals surface area (Å²) in [4.78, 5) is 25.0. The molecule has 0 radical (unpaired) electrons. The highest BCUT2D eigenvalue weighted by molar-refractivity contribution is 5.90. The molecular weight excluding hydrogens is 544 g/mol. The minimum absolute atomic E-state index is 0.287. The predicted octanol–water partition coefficient (Wildman–Crippen LogP) is 8.82. The van der Waals surface area contributed by atoms with Gasteiger partial charge in [0.25, 0.3) is 0 Å². The molecule has 3 rings (SSSR count). The number of hydrogen-bond acceptors (Lipinski definition) is 8. The van der Waals surface area contributed by atoms with Gasteiger partial charge in [0.1, 0.15) is 22.8 Å². The number of allylic oxidation sites excluding steroid dienone is 1. The SMILES string of the molecule is C=C(C)C(=O)OCCCCOC1=C(N=Nc2ccccc2)C=CC(CCCC)(OC(=O)c2ccc(OCCCC)cc2)C1. The fraction of sp³-hybridized carbons (Fsp3) is 0.429. The summed E-state index contributed by atoms with van der Waals surface area (Å²) in [5.41, 5.74) is 1.24. The number of nitrogens with zero attached hydrogens (tertiary/aromatic N) is 2. The van der Waals surface area contributed by atoms with Gasteiger partial charge in [0.05, 0.1) is 37.5 Å². The Balaban J connectivity index is 1.74. The second-order valence-electron chi connectivity index (χ2n) is 10.6. The average molecular weight is 589 g/mol. The maximum Gasteiger partial charge on any atom is 0.339 e. The standard InChI is InChI=1S/C35H44N2O6/c1-5-7-21-35(43-34(39)28-16-18-30(19-17-28)40-23-8-6-2)22-20-31(37-36-29-14-10-9-11-15-29)32(26-35)41-24-12-13-25-42-33(38)27(3)4/h9-11,14-20,22H,3,5-8,12-13,21,23-26H2,1-2,4H3. The number of unbranched alkanes of at least 4 members (excludes halogenated alkanes) is 3. The summed E-state index contributed by atoms with van der Waals surface area (Å²) in [7, 11) is 0. The van der Waals surface area contributed by atoms with Crippen LogP contribution in [0.3, 0.4) is 0 Å². The highest BCUT2D eigenvalue weighted by Crippen LogP contribution is 2.37. The number of esters is 2. The highest BCUT2D eigenvalue weighted by atomic mass is 16.6. The Labute approximate surface area is 255 Å². The van der Waals surface area contributed by atoms with E-state index in [4.69, 9.17) is 18.9 Å². The summed E-state index contributed by atoms with van der Waals surface area (Å²) in [5, 5.41) is 8.85. The van der Waals surface area contributed by atoms with E-state index in [-0.39, 0.29) is 6.61 Å².